The van der Waals surface area contributed by atoms with Gasteiger partial charge in [0.1, 0.15) is 0 Å². The number of benzene rings is 1. The molecule has 1 aliphatic heterocycles. The Morgan fingerprint density at radius 1 is 1.33 bits per heavy atom. The van der Waals surface area contributed by atoms with Gasteiger partial charge in [-0.1, -0.05) is 27.5 Å². The summed E-state index contributed by atoms with van der Waals surface area (Å²) in [4.78, 5) is 18.9. The fraction of sp³-hybridized carbons (Fsp3) is 0.250. The highest BCUT2D eigenvalue weighted by Crippen LogP contribution is 2.29. The van der Waals surface area contributed by atoms with Gasteiger partial charge < -0.3 is 4.90 Å². The maximum absolute atomic E-state index is 12.7. The number of fused-ring (bicyclic) bond motifs is 1. The van der Waals surface area contributed by atoms with Crippen molar-refractivity contribution >= 4 is 39.1 Å². The molecule has 0 bridgehead atoms. The summed E-state index contributed by atoms with van der Waals surface area (Å²) < 4.78 is 0. The van der Waals surface area contributed by atoms with Crippen molar-refractivity contribution in [3.8, 4) is 0 Å². The summed E-state index contributed by atoms with van der Waals surface area (Å²) in [5.41, 5.74) is 3.64. The fourth-order valence-electron chi connectivity index (χ4n) is 2.51. The number of aromatic nitrogens is 1. The Hall–Kier alpha value is -1.39. The molecule has 0 saturated carbocycles. The second-order valence-corrected chi connectivity index (χ2v) is 6.91. The van der Waals surface area contributed by atoms with Crippen LogP contribution in [0.25, 0.3) is 0 Å². The summed E-state index contributed by atoms with van der Waals surface area (Å²) in [7, 11) is 0. The Morgan fingerprint density at radius 3 is 2.90 bits per heavy atom. The van der Waals surface area contributed by atoms with Crippen LogP contribution in [-0.2, 0) is 6.42 Å². The van der Waals surface area contributed by atoms with Gasteiger partial charge in [-0.3, -0.25) is 9.78 Å². The van der Waals surface area contributed by atoms with Gasteiger partial charge in [0.25, 0.3) is 5.91 Å². The van der Waals surface area contributed by atoms with Crippen molar-refractivity contribution in [1.29, 1.82) is 0 Å². The van der Waals surface area contributed by atoms with Crippen LogP contribution in [0.1, 0.15) is 33.2 Å². The molecule has 1 aliphatic rings. The molecule has 0 N–H and O–H groups in total. The van der Waals surface area contributed by atoms with Gasteiger partial charge in [0.05, 0.1) is 11.9 Å². The van der Waals surface area contributed by atoms with Crippen LogP contribution in [0.2, 0.25) is 5.02 Å². The van der Waals surface area contributed by atoms with Crippen molar-refractivity contribution in [2.24, 2.45) is 0 Å². The molecule has 0 saturated heterocycles. The fourth-order valence-corrected chi connectivity index (χ4v) is 2.96. The Kier molecular flexibility index (Phi) is 4.00. The zero-order valence-electron chi connectivity index (χ0n) is 11.5. The van der Waals surface area contributed by atoms with Crippen molar-refractivity contribution in [2.45, 2.75) is 18.2 Å². The van der Waals surface area contributed by atoms with Gasteiger partial charge in [-0.15, -0.1) is 0 Å². The van der Waals surface area contributed by atoms with Gasteiger partial charge in [0.2, 0.25) is 0 Å². The first-order chi connectivity index (χ1) is 10.1. The predicted molar refractivity (Wildman–Crippen MR) is 88.4 cm³/mol. The van der Waals surface area contributed by atoms with Gasteiger partial charge in [-0.25, -0.2) is 0 Å². The first-order valence-corrected chi connectivity index (χ1v) is 8.05. The van der Waals surface area contributed by atoms with E-state index in [0.717, 1.165) is 28.8 Å². The summed E-state index contributed by atoms with van der Waals surface area (Å²) in [6, 6.07) is 7.44. The molecule has 1 unspecified atom stereocenters. The van der Waals surface area contributed by atoms with Crippen LogP contribution in [0, 0.1) is 0 Å². The number of carbonyl (C=O) groups excluding carboxylic acids is 1. The van der Waals surface area contributed by atoms with Crippen LogP contribution in [0.5, 0.6) is 0 Å². The van der Waals surface area contributed by atoms with Crippen LogP contribution in [0.4, 0.5) is 5.69 Å². The van der Waals surface area contributed by atoms with E-state index in [1.165, 1.54) is 0 Å². The smallest absolute Gasteiger partial charge is 0.258 e. The summed E-state index contributed by atoms with van der Waals surface area (Å²) in [5, 5.41) is 0.673. The lowest BCUT2D eigenvalue weighted by Gasteiger charge is -2.28. The molecule has 0 aliphatic carbocycles. The largest absolute Gasteiger partial charge is 0.306 e. The lowest BCUT2D eigenvalue weighted by Crippen LogP contribution is -2.37. The van der Waals surface area contributed by atoms with E-state index in [9.17, 15) is 4.79 Å². The van der Waals surface area contributed by atoms with Crippen molar-refractivity contribution in [2.75, 3.05) is 11.4 Å². The number of anilines is 1. The van der Waals surface area contributed by atoms with E-state index < -0.39 is 0 Å². The van der Waals surface area contributed by atoms with E-state index in [1.54, 1.807) is 23.2 Å². The zero-order chi connectivity index (χ0) is 15.0. The molecule has 0 radical (unpaired) electrons. The maximum Gasteiger partial charge on any atom is 0.258 e. The number of carbonyl (C=O) groups is 1. The number of hydrogen-bond donors (Lipinski definition) is 0. The third-order valence-corrected chi connectivity index (χ3v) is 4.43. The molecule has 3 nitrogen and oxygen atoms in total. The molecule has 0 spiro atoms. The number of pyridine rings is 1. The average molecular weight is 366 g/mol. The highest BCUT2D eigenvalue weighted by Gasteiger charge is 2.26. The van der Waals surface area contributed by atoms with E-state index in [1.807, 2.05) is 25.3 Å². The van der Waals surface area contributed by atoms with Gasteiger partial charge in [0, 0.05) is 28.2 Å². The number of nitrogens with zero attached hydrogens (tertiary/aromatic N) is 2. The van der Waals surface area contributed by atoms with E-state index in [-0.39, 0.29) is 10.7 Å². The van der Waals surface area contributed by atoms with Crippen molar-refractivity contribution in [1.82, 2.24) is 4.98 Å². The Balaban J connectivity index is 1.96. The summed E-state index contributed by atoms with van der Waals surface area (Å²) in [5.74, 6) is 0.00842. The summed E-state index contributed by atoms with van der Waals surface area (Å²) in [6.07, 6.45) is 4.35. The number of hydrogen-bond acceptors (Lipinski definition) is 2. The lowest BCUT2D eigenvalue weighted by atomic mass is 9.98. The molecule has 21 heavy (non-hydrogen) atoms. The van der Waals surface area contributed by atoms with Crippen LogP contribution < -0.4 is 4.90 Å². The minimum absolute atomic E-state index is 0.00842. The van der Waals surface area contributed by atoms with Crippen molar-refractivity contribution in [3.05, 3.63) is 58.4 Å². The molecule has 1 aromatic heterocycles. The number of amides is 1. The van der Waals surface area contributed by atoms with Gasteiger partial charge in [0.15, 0.2) is 0 Å². The van der Waals surface area contributed by atoms with Crippen LogP contribution in [0.15, 0.2) is 36.7 Å². The molecule has 1 aromatic carbocycles. The zero-order valence-corrected chi connectivity index (χ0v) is 13.9. The SMILES string of the molecule is CC(Br)c1cncc(N2CCc3cc(Cl)ccc3C2=O)c1. The molecular weight excluding hydrogens is 352 g/mol. The quantitative estimate of drug-likeness (QED) is 0.739. The molecule has 1 atom stereocenters. The minimum Gasteiger partial charge on any atom is -0.306 e. The molecule has 3 rings (SSSR count). The number of halogens is 2. The van der Waals surface area contributed by atoms with Crippen LogP contribution in [-0.4, -0.2) is 17.4 Å². The molecule has 2 aromatic rings. The Morgan fingerprint density at radius 2 is 2.14 bits per heavy atom. The van der Waals surface area contributed by atoms with Crippen molar-refractivity contribution < 1.29 is 4.79 Å². The van der Waals surface area contributed by atoms with Gasteiger partial charge in [-0.2, -0.15) is 0 Å². The van der Waals surface area contributed by atoms with Crippen LogP contribution in [0.3, 0.4) is 0 Å². The first kappa shape index (κ1) is 14.5. The highest BCUT2D eigenvalue weighted by molar-refractivity contribution is 9.09. The second kappa shape index (κ2) is 5.78. The lowest BCUT2D eigenvalue weighted by molar-refractivity contribution is 0.0980. The highest BCUT2D eigenvalue weighted by atomic mass is 79.9. The summed E-state index contributed by atoms with van der Waals surface area (Å²) >= 11 is 9.52. The monoisotopic (exact) mass is 364 g/mol. The third-order valence-electron chi connectivity index (χ3n) is 3.66. The molecule has 0 fully saturated rings. The molecule has 5 heteroatoms. The Labute approximate surface area is 137 Å². The molecule has 2 heterocycles. The molecular formula is C16H14BrClN2O. The number of alkyl halides is 1. The van der Waals surface area contributed by atoms with E-state index in [2.05, 4.69) is 20.9 Å². The minimum atomic E-state index is 0.00842. The van der Waals surface area contributed by atoms with Gasteiger partial charge in [-0.05, 0) is 48.7 Å². The maximum atomic E-state index is 12.7. The van der Waals surface area contributed by atoms with Crippen LogP contribution >= 0.6 is 27.5 Å². The second-order valence-electron chi connectivity index (χ2n) is 5.10. The third kappa shape index (κ3) is 2.83. The molecule has 1 amide bonds. The Bertz CT molecular complexity index is 702. The van der Waals surface area contributed by atoms with E-state index in [0.29, 0.717) is 11.6 Å². The molecule has 108 valence electrons. The summed E-state index contributed by atoms with van der Waals surface area (Å²) in [6.45, 7) is 2.68. The van der Waals surface area contributed by atoms with Crippen molar-refractivity contribution in [3.63, 3.8) is 0 Å². The first-order valence-electron chi connectivity index (χ1n) is 6.75. The standard InChI is InChI=1S/C16H14BrClN2O/c1-10(17)12-7-14(9-19-8-12)20-5-4-11-6-13(18)2-3-15(11)16(20)21/h2-3,6-10H,4-5H2,1H3. The van der Waals surface area contributed by atoms with Gasteiger partial charge >= 0.3 is 0 Å². The normalized spacial score (nSPS) is 15.8. The van der Waals surface area contributed by atoms with E-state index in [4.69, 9.17) is 11.6 Å². The number of rotatable bonds is 2. The predicted octanol–water partition coefficient (Wildman–Crippen LogP) is 4.39. The van der Waals surface area contributed by atoms with E-state index >= 15 is 0 Å². The average Bonchev–Trinajstić information content (AvgIpc) is 2.47. The topological polar surface area (TPSA) is 33.2 Å².